The Bertz CT molecular complexity index is 1460. The van der Waals surface area contributed by atoms with E-state index in [0.29, 0.717) is 13.1 Å². The molecule has 0 aliphatic rings. The van der Waals surface area contributed by atoms with Crippen LogP contribution >= 0.6 is 0 Å². The van der Waals surface area contributed by atoms with Gasteiger partial charge < -0.3 is 9.73 Å². The summed E-state index contributed by atoms with van der Waals surface area (Å²) in [7, 11) is -3.61. The Morgan fingerprint density at radius 3 is 2.33 bits per heavy atom. The number of hydrogen-bond donors (Lipinski definition) is 1. The van der Waals surface area contributed by atoms with Crippen LogP contribution in [0.2, 0.25) is 0 Å². The first-order chi connectivity index (χ1) is 16.1. The van der Waals surface area contributed by atoms with Crippen LogP contribution in [-0.2, 0) is 22.9 Å². The monoisotopic (exact) mass is 454 g/mol. The number of pyridine rings is 1. The molecule has 33 heavy (non-hydrogen) atoms. The molecule has 2 aromatic heterocycles. The van der Waals surface area contributed by atoms with Gasteiger partial charge in [0.05, 0.1) is 22.5 Å². The molecule has 0 fully saturated rings. The predicted octanol–water partition coefficient (Wildman–Crippen LogP) is 5.62. The highest BCUT2D eigenvalue weighted by Gasteiger charge is 2.18. The Morgan fingerprint density at radius 2 is 1.55 bits per heavy atom. The maximum absolute atomic E-state index is 13.2. The predicted molar refractivity (Wildman–Crippen MR) is 128 cm³/mol. The molecule has 0 atom stereocenters. The van der Waals surface area contributed by atoms with Crippen molar-refractivity contribution in [3.63, 3.8) is 0 Å². The topological polar surface area (TPSA) is 72.2 Å². The van der Waals surface area contributed by atoms with Gasteiger partial charge in [0.2, 0.25) is 9.84 Å². The van der Waals surface area contributed by atoms with E-state index in [1.807, 2.05) is 60.7 Å². The number of fused-ring (bicyclic) bond motifs is 1. The van der Waals surface area contributed by atoms with E-state index in [9.17, 15) is 8.42 Å². The lowest BCUT2D eigenvalue weighted by atomic mass is 10.1. The first-order valence-corrected chi connectivity index (χ1v) is 12.1. The van der Waals surface area contributed by atoms with Crippen LogP contribution in [0.15, 0.2) is 118 Å². The molecular weight excluding hydrogens is 432 g/mol. The van der Waals surface area contributed by atoms with Crippen LogP contribution in [0.1, 0.15) is 11.3 Å². The Kier molecular flexibility index (Phi) is 5.77. The molecule has 0 saturated heterocycles. The number of sulfone groups is 1. The molecule has 5 nitrogen and oxygen atoms in total. The SMILES string of the molecule is O=S(=O)(c1ccc(CNCc2cc3ccncc3o2)cc1)c1cccc(-c2ccccc2)c1. The highest BCUT2D eigenvalue weighted by molar-refractivity contribution is 7.91. The van der Waals surface area contributed by atoms with Crippen molar-refractivity contribution >= 4 is 20.8 Å². The molecule has 0 saturated carbocycles. The van der Waals surface area contributed by atoms with Gasteiger partial charge >= 0.3 is 0 Å². The van der Waals surface area contributed by atoms with E-state index in [1.54, 1.807) is 42.7 Å². The van der Waals surface area contributed by atoms with Crippen LogP contribution in [0, 0.1) is 0 Å². The minimum atomic E-state index is -3.61. The maximum Gasteiger partial charge on any atom is 0.206 e. The molecule has 0 amide bonds. The van der Waals surface area contributed by atoms with E-state index >= 15 is 0 Å². The molecule has 0 unspecified atom stereocenters. The summed E-state index contributed by atoms with van der Waals surface area (Å²) in [5.41, 5.74) is 3.61. The average molecular weight is 455 g/mol. The number of hydrogen-bond acceptors (Lipinski definition) is 5. The van der Waals surface area contributed by atoms with Crippen LogP contribution < -0.4 is 5.32 Å². The number of furan rings is 1. The summed E-state index contributed by atoms with van der Waals surface area (Å²) in [6.45, 7) is 1.17. The molecule has 0 radical (unpaired) electrons. The van der Waals surface area contributed by atoms with Crippen molar-refractivity contribution < 1.29 is 12.8 Å². The lowest BCUT2D eigenvalue weighted by Gasteiger charge is -2.09. The third-order valence-electron chi connectivity index (χ3n) is 5.49. The van der Waals surface area contributed by atoms with Crippen LogP contribution in [0.25, 0.3) is 22.1 Å². The molecule has 0 aliphatic heterocycles. The maximum atomic E-state index is 13.2. The second-order valence-corrected chi connectivity index (χ2v) is 9.72. The molecule has 1 N–H and O–H groups in total. The standard InChI is InChI=1S/C27H22N2O3S/c30-33(31,26-8-4-7-22(16-26)21-5-2-1-3-6-21)25-11-9-20(10-12-25)17-29-18-24-15-23-13-14-28-19-27(23)32-24/h1-16,19,29H,17-18H2. The van der Waals surface area contributed by atoms with Gasteiger partial charge in [-0.05, 0) is 53.1 Å². The Morgan fingerprint density at radius 1 is 0.758 bits per heavy atom. The fourth-order valence-electron chi connectivity index (χ4n) is 3.75. The van der Waals surface area contributed by atoms with Gasteiger partial charge in [0, 0.05) is 18.1 Å². The van der Waals surface area contributed by atoms with Gasteiger partial charge in [0.1, 0.15) is 5.76 Å². The van der Waals surface area contributed by atoms with Gasteiger partial charge in [0.25, 0.3) is 0 Å². The lowest BCUT2D eigenvalue weighted by Crippen LogP contribution is -2.12. The third-order valence-corrected chi connectivity index (χ3v) is 7.25. The third kappa shape index (κ3) is 4.58. The fraction of sp³-hybridized carbons (Fsp3) is 0.0741. The highest BCUT2D eigenvalue weighted by atomic mass is 32.2. The number of nitrogens with one attached hydrogen (secondary N) is 1. The number of benzene rings is 3. The summed E-state index contributed by atoms with van der Waals surface area (Å²) in [5, 5.41) is 4.35. The van der Waals surface area contributed by atoms with Crippen molar-refractivity contribution in [2.45, 2.75) is 22.9 Å². The fourth-order valence-corrected chi connectivity index (χ4v) is 5.06. The number of rotatable bonds is 7. The minimum absolute atomic E-state index is 0.279. The Balaban J connectivity index is 1.27. The summed E-state index contributed by atoms with van der Waals surface area (Å²) in [4.78, 5) is 4.63. The molecule has 0 spiro atoms. The van der Waals surface area contributed by atoms with Crippen molar-refractivity contribution in [3.05, 3.63) is 115 Å². The summed E-state index contributed by atoms with van der Waals surface area (Å²) in [6, 6.07) is 27.7. The smallest absolute Gasteiger partial charge is 0.206 e. The zero-order chi connectivity index (χ0) is 22.7. The molecule has 6 heteroatoms. The van der Waals surface area contributed by atoms with Crippen LogP contribution in [0.4, 0.5) is 0 Å². The van der Waals surface area contributed by atoms with Crippen molar-refractivity contribution in [3.8, 4) is 11.1 Å². The summed E-state index contributed by atoms with van der Waals surface area (Å²) < 4.78 is 32.1. The van der Waals surface area contributed by atoms with Gasteiger partial charge in [-0.3, -0.25) is 4.98 Å². The van der Waals surface area contributed by atoms with Gasteiger partial charge in [0.15, 0.2) is 5.58 Å². The molecule has 2 heterocycles. The van der Waals surface area contributed by atoms with Crippen LogP contribution in [0.5, 0.6) is 0 Å². The normalized spacial score (nSPS) is 11.6. The zero-order valence-corrected chi connectivity index (χ0v) is 18.6. The number of nitrogens with zero attached hydrogens (tertiary/aromatic N) is 1. The van der Waals surface area contributed by atoms with E-state index in [2.05, 4.69) is 10.3 Å². The van der Waals surface area contributed by atoms with Gasteiger partial charge in [-0.25, -0.2) is 8.42 Å². The molecule has 5 aromatic rings. The molecule has 5 rings (SSSR count). The van der Waals surface area contributed by atoms with E-state index in [0.717, 1.165) is 33.4 Å². The minimum Gasteiger partial charge on any atom is -0.458 e. The molecular formula is C27H22N2O3S. The molecule has 164 valence electrons. The van der Waals surface area contributed by atoms with E-state index in [-0.39, 0.29) is 9.79 Å². The lowest BCUT2D eigenvalue weighted by molar-refractivity contribution is 0.513. The molecule has 0 aliphatic carbocycles. The van der Waals surface area contributed by atoms with Gasteiger partial charge in [-0.1, -0.05) is 54.6 Å². The average Bonchev–Trinajstić information content (AvgIpc) is 3.28. The van der Waals surface area contributed by atoms with Crippen molar-refractivity contribution in [2.75, 3.05) is 0 Å². The summed E-state index contributed by atoms with van der Waals surface area (Å²) in [5.74, 6) is 0.829. The Hall–Kier alpha value is -3.74. The van der Waals surface area contributed by atoms with E-state index in [4.69, 9.17) is 4.42 Å². The highest BCUT2D eigenvalue weighted by Crippen LogP contribution is 2.26. The number of aromatic nitrogens is 1. The van der Waals surface area contributed by atoms with Gasteiger partial charge in [-0.2, -0.15) is 0 Å². The van der Waals surface area contributed by atoms with E-state index in [1.165, 1.54) is 0 Å². The van der Waals surface area contributed by atoms with Crippen molar-refractivity contribution in [2.24, 2.45) is 0 Å². The second kappa shape index (κ2) is 9.02. The van der Waals surface area contributed by atoms with Gasteiger partial charge in [-0.15, -0.1) is 0 Å². The summed E-state index contributed by atoms with van der Waals surface area (Å²) in [6.07, 6.45) is 3.44. The first-order valence-electron chi connectivity index (χ1n) is 10.6. The van der Waals surface area contributed by atoms with Crippen LogP contribution in [-0.4, -0.2) is 13.4 Å². The molecule has 0 bridgehead atoms. The van der Waals surface area contributed by atoms with Crippen LogP contribution in [0.3, 0.4) is 0 Å². The quantitative estimate of drug-likeness (QED) is 0.346. The Labute approximate surface area is 192 Å². The first kappa shape index (κ1) is 21.1. The largest absolute Gasteiger partial charge is 0.458 e. The zero-order valence-electron chi connectivity index (χ0n) is 17.8. The molecule has 3 aromatic carbocycles. The second-order valence-electron chi connectivity index (χ2n) is 7.77. The van der Waals surface area contributed by atoms with Crippen molar-refractivity contribution in [1.82, 2.24) is 10.3 Å². The van der Waals surface area contributed by atoms with E-state index < -0.39 is 9.84 Å². The summed E-state index contributed by atoms with van der Waals surface area (Å²) >= 11 is 0. The van der Waals surface area contributed by atoms with Crippen molar-refractivity contribution in [1.29, 1.82) is 0 Å².